The smallest absolute Gasteiger partial charge is 0.322 e. The Hall–Kier alpha value is -2.90. The standard InChI is InChI=1S/C27H31N3O4/c1-17-8-9-20(34-2)12-21(17)25-13-19-15-30(14-18-6-4-3-5-7-18)22(19)27(25,33)11-10-26(16-25)23(31)28-24(32)29-26/h3-9,12,19,22,33H,10-11,13-16H2,1-2H3,(H2,28,29,31,32)/t19?,22-,25-,26+,27-/m1/s1. The molecule has 4 aliphatic rings. The van der Waals surface area contributed by atoms with Gasteiger partial charge in [0.15, 0.2) is 0 Å². The fraction of sp³-hybridized carbons (Fsp3) is 0.481. The van der Waals surface area contributed by atoms with Gasteiger partial charge in [0.25, 0.3) is 5.91 Å². The van der Waals surface area contributed by atoms with E-state index in [0.29, 0.717) is 25.2 Å². The highest BCUT2D eigenvalue weighted by Gasteiger charge is 2.73. The van der Waals surface area contributed by atoms with Gasteiger partial charge in [-0.1, -0.05) is 36.4 Å². The molecule has 2 aliphatic carbocycles. The van der Waals surface area contributed by atoms with Crippen molar-refractivity contribution < 1.29 is 19.4 Å². The summed E-state index contributed by atoms with van der Waals surface area (Å²) in [6, 6.07) is 15.9. The van der Waals surface area contributed by atoms with Crippen LogP contribution in [0.2, 0.25) is 0 Å². The Morgan fingerprint density at radius 3 is 2.65 bits per heavy atom. The lowest BCUT2D eigenvalue weighted by Crippen LogP contribution is -2.70. The number of aryl methyl sites for hydroxylation is 1. The molecular weight excluding hydrogens is 430 g/mol. The number of nitrogens with zero attached hydrogens (tertiary/aromatic N) is 1. The third-order valence-corrected chi connectivity index (χ3v) is 8.98. The number of amides is 3. The number of rotatable bonds is 4. The largest absolute Gasteiger partial charge is 0.497 e. The molecule has 1 spiro atoms. The van der Waals surface area contributed by atoms with Crippen LogP contribution in [0.1, 0.15) is 42.4 Å². The van der Waals surface area contributed by atoms with Crippen LogP contribution < -0.4 is 15.4 Å². The van der Waals surface area contributed by atoms with Crippen LogP contribution in [0.15, 0.2) is 48.5 Å². The average molecular weight is 462 g/mol. The van der Waals surface area contributed by atoms with Gasteiger partial charge >= 0.3 is 6.03 Å². The van der Waals surface area contributed by atoms with Crippen molar-refractivity contribution in [2.75, 3.05) is 13.7 Å². The van der Waals surface area contributed by atoms with Crippen LogP contribution in [0.4, 0.5) is 4.79 Å². The van der Waals surface area contributed by atoms with Crippen molar-refractivity contribution in [3.63, 3.8) is 0 Å². The molecule has 2 aromatic rings. The summed E-state index contributed by atoms with van der Waals surface area (Å²) in [4.78, 5) is 27.6. The molecule has 7 heteroatoms. The van der Waals surface area contributed by atoms with Crippen LogP contribution in [0.5, 0.6) is 5.75 Å². The van der Waals surface area contributed by atoms with Gasteiger partial charge in [0.1, 0.15) is 11.3 Å². The molecule has 3 N–H and O–H groups in total. The van der Waals surface area contributed by atoms with E-state index >= 15 is 0 Å². The molecule has 0 aromatic heterocycles. The van der Waals surface area contributed by atoms with E-state index in [0.717, 1.165) is 36.4 Å². The third kappa shape index (κ3) is 2.83. The topological polar surface area (TPSA) is 90.9 Å². The molecule has 1 unspecified atom stereocenters. The SMILES string of the molecule is COc1ccc(C)c([C@]23CC4CN(Cc5ccccc5)[C@H]4[C@]2(O)CC[C@@]2(C3)NC(=O)NC2=O)c1. The third-order valence-electron chi connectivity index (χ3n) is 8.98. The van der Waals surface area contributed by atoms with Crippen molar-refractivity contribution in [3.05, 3.63) is 65.2 Å². The lowest BCUT2D eigenvalue weighted by atomic mass is 9.55. The summed E-state index contributed by atoms with van der Waals surface area (Å²) in [6.07, 6.45) is 2.03. The number of fused-ring (bicyclic) bond motifs is 3. The Labute approximate surface area is 199 Å². The summed E-state index contributed by atoms with van der Waals surface area (Å²) in [5.74, 6) is 0.784. The van der Waals surface area contributed by atoms with Crippen LogP contribution in [0.3, 0.4) is 0 Å². The van der Waals surface area contributed by atoms with Crippen molar-refractivity contribution in [2.45, 2.75) is 61.7 Å². The number of ether oxygens (including phenoxy) is 1. The average Bonchev–Trinajstić information content (AvgIpc) is 3.19. The van der Waals surface area contributed by atoms with Crippen molar-refractivity contribution in [1.82, 2.24) is 15.5 Å². The van der Waals surface area contributed by atoms with Gasteiger partial charge in [0, 0.05) is 24.5 Å². The monoisotopic (exact) mass is 461 g/mol. The minimum atomic E-state index is -1.01. The Balaban J connectivity index is 1.45. The minimum absolute atomic E-state index is 0.0100. The lowest BCUT2D eigenvalue weighted by molar-refractivity contribution is -0.149. The van der Waals surface area contributed by atoms with Crippen LogP contribution in [0, 0.1) is 12.8 Å². The predicted molar refractivity (Wildman–Crippen MR) is 126 cm³/mol. The number of hydrogen-bond donors (Lipinski definition) is 3. The van der Waals surface area contributed by atoms with E-state index in [1.54, 1.807) is 7.11 Å². The number of carbonyl (C=O) groups is 2. The normalized spacial score (nSPS) is 36.4. The van der Waals surface area contributed by atoms with E-state index in [9.17, 15) is 14.7 Å². The van der Waals surface area contributed by atoms with Gasteiger partial charge in [-0.05, 0) is 67.3 Å². The minimum Gasteiger partial charge on any atom is -0.497 e. The molecule has 178 valence electrons. The van der Waals surface area contributed by atoms with Crippen LogP contribution in [0.25, 0.3) is 0 Å². The highest BCUT2D eigenvalue weighted by Crippen LogP contribution is 2.65. The molecule has 3 amide bonds. The van der Waals surface area contributed by atoms with Gasteiger partial charge in [0.2, 0.25) is 0 Å². The highest BCUT2D eigenvalue weighted by molar-refractivity contribution is 6.07. The molecule has 4 fully saturated rings. The second-order valence-electron chi connectivity index (χ2n) is 10.7. The van der Waals surface area contributed by atoms with Gasteiger partial charge in [0.05, 0.1) is 12.7 Å². The first kappa shape index (κ1) is 21.6. The second kappa shape index (κ2) is 7.30. The van der Waals surface area contributed by atoms with E-state index in [4.69, 9.17) is 4.74 Å². The summed E-state index contributed by atoms with van der Waals surface area (Å²) in [5, 5.41) is 18.0. The maximum absolute atomic E-state index is 13.0. The Morgan fingerprint density at radius 1 is 1.15 bits per heavy atom. The molecule has 2 heterocycles. The Bertz CT molecular complexity index is 1170. The summed E-state index contributed by atoms with van der Waals surface area (Å²) in [6.45, 7) is 3.76. The number of carbonyl (C=O) groups excluding carboxylic acids is 2. The van der Waals surface area contributed by atoms with E-state index < -0.39 is 22.6 Å². The molecule has 2 saturated carbocycles. The zero-order valence-corrected chi connectivity index (χ0v) is 19.6. The maximum Gasteiger partial charge on any atom is 0.322 e. The van der Waals surface area contributed by atoms with Crippen LogP contribution in [-0.2, 0) is 16.8 Å². The van der Waals surface area contributed by atoms with Crippen LogP contribution in [-0.4, -0.2) is 52.8 Å². The molecule has 6 rings (SSSR count). The van der Waals surface area contributed by atoms with Gasteiger partial charge in [-0.25, -0.2) is 4.79 Å². The molecule has 2 saturated heterocycles. The van der Waals surface area contributed by atoms with E-state index in [2.05, 4.69) is 34.6 Å². The number of nitrogens with one attached hydrogen (secondary N) is 2. The summed E-state index contributed by atoms with van der Waals surface area (Å²) >= 11 is 0. The second-order valence-corrected chi connectivity index (χ2v) is 10.7. The first-order chi connectivity index (χ1) is 16.3. The predicted octanol–water partition coefficient (Wildman–Crippen LogP) is 2.64. The number of urea groups is 1. The van der Waals surface area contributed by atoms with Gasteiger partial charge in [-0.2, -0.15) is 0 Å². The van der Waals surface area contributed by atoms with E-state index in [1.165, 1.54) is 5.56 Å². The van der Waals surface area contributed by atoms with Crippen molar-refractivity contribution in [3.8, 4) is 5.75 Å². The number of methoxy groups -OCH3 is 1. The van der Waals surface area contributed by atoms with Crippen molar-refractivity contribution in [2.24, 2.45) is 5.92 Å². The molecule has 2 aliphatic heterocycles. The van der Waals surface area contributed by atoms with E-state index in [-0.39, 0.29) is 11.9 Å². The quantitative estimate of drug-likeness (QED) is 0.609. The van der Waals surface area contributed by atoms with Crippen molar-refractivity contribution in [1.29, 1.82) is 0 Å². The molecule has 2 aromatic carbocycles. The summed E-state index contributed by atoms with van der Waals surface area (Å²) in [5.41, 5.74) is 0.648. The van der Waals surface area contributed by atoms with Gasteiger partial charge in [-0.15, -0.1) is 0 Å². The summed E-state index contributed by atoms with van der Waals surface area (Å²) in [7, 11) is 1.64. The first-order valence-corrected chi connectivity index (χ1v) is 12.1. The maximum atomic E-state index is 13.0. The lowest BCUT2D eigenvalue weighted by Gasteiger charge is -2.57. The van der Waals surface area contributed by atoms with Gasteiger partial charge in [-0.3, -0.25) is 15.0 Å². The number of aliphatic hydroxyl groups is 1. The molecule has 34 heavy (non-hydrogen) atoms. The molecule has 0 bridgehead atoms. The molecule has 5 atom stereocenters. The fourth-order valence-corrected chi connectivity index (χ4v) is 7.56. The number of benzene rings is 2. The van der Waals surface area contributed by atoms with Crippen LogP contribution >= 0.6 is 0 Å². The Kier molecular flexibility index (Phi) is 4.64. The van der Waals surface area contributed by atoms with E-state index in [1.807, 2.05) is 36.4 Å². The zero-order valence-electron chi connectivity index (χ0n) is 19.6. The molecule has 0 radical (unpaired) electrons. The number of imide groups is 1. The number of hydrogen-bond acceptors (Lipinski definition) is 5. The van der Waals surface area contributed by atoms with Crippen molar-refractivity contribution >= 4 is 11.9 Å². The zero-order chi connectivity index (χ0) is 23.7. The Morgan fingerprint density at radius 2 is 1.94 bits per heavy atom. The molecule has 7 nitrogen and oxygen atoms in total. The van der Waals surface area contributed by atoms with Gasteiger partial charge < -0.3 is 15.2 Å². The summed E-state index contributed by atoms with van der Waals surface area (Å²) < 4.78 is 5.56. The molecular formula is C27H31N3O4. The number of likely N-dealkylation sites (tertiary alicyclic amines) is 1. The highest BCUT2D eigenvalue weighted by atomic mass is 16.5. The fourth-order valence-electron chi connectivity index (χ4n) is 7.56. The first-order valence-electron chi connectivity index (χ1n) is 12.1.